The van der Waals surface area contributed by atoms with Gasteiger partial charge in [0.2, 0.25) is 0 Å². The van der Waals surface area contributed by atoms with Crippen LogP contribution in [0.2, 0.25) is 0 Å². The van der Waals surface area contributed by atoms with Gasteiger partial charge in [-0.3, -0.25) is 4.98 Å². The van der Waals surface area contributed by atoms with Gasteiger partial charge < -0.3 is 10.3 Å². The lowest BCUT2D eigenvalue weighted by Crippen LogP contribution is -2.12. The van der Waals surface area contributed by atoms with E-state index in [-0.39, 0.29) is 6.54 Å². The molecule has 0 atom stereocenters. The van der Waals surface area contributed by atoms with Crippen LogP contribution in [0.15, 0.2) is 31.0 Å². The summed E-state index contributed by atoms with van der Waals surface area (Å²) in [5, 5.41) is 0. The second-order valence-electron chi connectivity index (χ2n) is 3.80. The van der Waals surface area contributed by atoms with Crippen LogP contribution < -0.4 is 5.73 Å². The highest BCUT2D eigenvalue weighted by Gasteiger charge is 2.27. The highest BCUT2D eigenvalue weighted by atomic mass is 19.4. The smallest absolute Gasteiger partial charge is 0.390 e. The number of aryl methyl sites for hydroxylation is 1. The fourth-order valence-corrected chi connectivity index (χ4v) is 1.59. The average Bonchev–Trinajstić information content (AvgIpc) is 2.74. The van der Waals surface area contributed by atoms with Crippen molar-refractivity contribution in [1.82, 2.24) is 14.5 Å². The van der Waals surface area contributed by atoms with Crippen LogP contribution in [0.3, 0.4) is 0 Å². The number of anilines is 1. The standard InChI is InChI=1S/C11H11F3N4/c12-11(13,14)2-4-18-7-17-6-10(18)8-5-16-3-1-9(8)15/h1,3,5-7H,2,4H2,(H2,15,16). The maximum Gasteiger partial charge on any atom is 0.390 e. The normalized spacial score (nSPS) is 11.7. The molecule has 0 aromatic carbocycles. The molecule has 2 heterocycles. The van der Waals surface area contributed by atoms with Crippen LogP contribution in [-0.4, -0.2) is 20.7 Å². The molecule has 7 heteroatoms. The van der Waals surface area contributed by atoms with E-state index in [2.05, 4.69) is 9.97 Å². The summed E-state index contributed by atoms with van der Waals surface area (Å²) < 4.78 is 38.0. The first-order valence-corrected chi connectivity index (χ1v) is 5.24. The summed E-state index contributed by atoms with van der Waals surface area (Å²) in [6, 6.07) is 1.59. The van der Waals surface area contributed by atoms with Gasteiger partial charge in [-0.2, -0.15) is 13.2 Å². The Balaban J connectivity index is 2.26. The molecule has 0 aliphatic carbocycles. The Morgan fingerprint density at radius 1 is 1.22 bits per heavy atom. The van der Waals surface area contributed by atoms with Crippen LogP contribution in [0.25, 0.3) is 11.3 Å². The molecule has 0 amide bonds. The van der Waals surface area contributed by atoms with E-state index in [4.69, 9.17) is 5.73 Å². The minimum atomic E-state index is -4.19. The zero-order valence-electron chi connectivity index (χ0n) is 9.35. The molecule has 2 N–H and O–H groups in total. The second kappa shape index (κ2) is 4.67. The molecule has 0 aliphatic rings. The molecule has 0 unspecified atom stereocenters. The molecule has 2 rings (SSSR count). The molecule has 2 aromatic heterocycles. The lowest BCUT2D eigenvalue weighted by molar-refractivity contribution is -0.136. The van der Waals surface area contributed by atoms with Gasteiger partial charge in [0.25, 0.3) is 0 Å². The van der Waals surface area contributed by atoms with E-state index >= 15 is 0 Å². The molecule has 0 fully saturated rings. The van der Waals surface area contributed by atoms with Crippen LogP contribution in [0.1, 0.15) is 6.42 Å². The molecule has 0 spiro atoms. The van der Waals surface area contributed by atoms with Crippen molar-refractivity contribution >= 4 is 5.69 Å². The van der Waals surface area contributed by atoms with E-state index in [0.717, 1.165) is 0 Å². The number of nitrogens with zero attached hydrogens (tertiary/aromatic N) is 3. The third kappa shape index (κ3) is 2.79. The summed E-state index contributed by atoms with van der Waals surface area (Å²) in [6.07, 6.45) is 0.765. The van der Waals surface area contributed by atoms with E-state index in [0.29, 0.717) is 16.9 Å². The number of aromatic nitrogens is 3. The van der Waals surface area contributed by atoms with Crippen molar-refractivity contribution in [2.45, 2.75) is 19.1 Å². The molecule has 0 aliphatic heterocycles. The first kappa shape index (κ1) is 12.4. The molecule has 0 saturated heterocycles. The third-order valence-electron chi connectivity index (χ3n) is 2.48. The van der Waals surface area contributed by atoms with Crippen molar-refractivity contribution in [3.63, 3.8) is 0 Å². The zero-order chi connectivity index (χ0) is 13.2. The summed E-state index contributed by atoms with van der Waals surface area (Å²) >= 11 is 0. The largest absolute Gasteiger partial charge is 0.398 e. The number of nitrogen functional groups attached to an aromatic ring is 1. The number of halogens is 3. The van der Waals surface area contributed by atoms with E-state index in [1.54, 1.807) is 6.07 Å². The van der Waals surface area contributed by atoms with Crippen molar-refractivity contribution in [1.29, 1.82) is 0 Å². The maximum absolute atomic E-state index is 12.2. The number of nitrogens with two attached hydrogens (primary N) is 1. The van der Waals surface area contributed by atoms with Crippen LogP contribution in [0.5, 0.6) is 0 Å². The van der Waals surface area contributed by atoms with Crippen molar-refractivity contribution in [3.05, 3.63) is 31.0 Å². The van der Waals surface area contributed by atoms with Crippen LogP contribution in [0.4, 0.5) is 18.9 Å². The van der Waals surface area contributed by atoms with Gasteiger partial charge in [-0.1, -0.05) is 0 Å². The lowest BCUT2D eigenvalue weighted by atomic mass is 10.2. The van der Waals surface area contributed by atoms with Crippen molar-refractivity contribution in [3.8, 4) is 11.3 Å². The predicted octanol–water partition coefficient (Wildman–Crippen LogP) is 2.48. The van der Waals surface area contributed by atoms with Gasteiger partial charge in [0.15, 0.2) is 0 Å². The van der Waals surface area contributed by atoms with Gasteiger partial charge in [0.05, 0.1) is 24.6 Å². The van der Waals surface area contributed by atoms with Gasteiger partial charge >= 0.3 is 6.18 Å². The summed E-state index contributed by atoms with van der Waals surface area (Å²) in [5.74, 6) is 0. The Morgan fingerprint density at radius 3 is 2.67 bits per heavy atom. The van der Waals surface area contributed by atoms with Gasteiger partial charge in [-0.15, -0.1) is 0 Å². The Bertz CT molecular complexity index is 533. The van der Waals surface area contributed by atoms with Crippen molar-refractivity contribution in [2.75, 3.05) is 5.73 Å². The SMILES string of the molecule is Nc1ccncc1-c1cncn1CCC(F)(F)F. The summed E-state index contributed by atoms with van der Waals surface area (Å²) in [5.41, 5.74) is 7.33. The van der Waals surface area contributed by atoms with E-state index in [9.17, 15) is 13.2 Å². The molecule has 0 radical (unpaired) electrons. The molecule has 96 valence electrons. The zero-order valence-corrected chi connectivity index (χ0v) is 9.35. The summed E-state index contributed by atoms with van der Waals surface area (Å²) in [7, 11) is 0. The Kier molecular flexibility index (Phi) is 3.22. The van der Waals surface area contributed by atoms with Crippen molar-refractivity contribution < 1.29 is 13.2 Å². The summed E-state index contributed by atoms with van der Waals surface area (Å²) in [6.45, 7) is -0.187. The number of rotatable bonds is 3. The molecular formula is C11H11F3N4. The Morgan fingerprint density at radius 2 is 2.00 bits per heavy atom. The van der Waals surface area contributed by atoms with E-state index in [1.807, 2.05) is 0 Å². The highest BCUT2D eigenvalue weighted by Crippen LogP contribution is 2.26. The lowest BCUT2D eigenvalue weighted by Gasteiger charge is -2.11. The summed E-state index contributed by atoms with van der Waals surface area (Å²) in [4.78, 5) is 7.76. The number of pyridine rings is 1. The average molecular weight is 256 g/mol. The minimum Gasteiger partial charge on any atom is -0.398 e. The highest BCUT2D eigenvalue weighted by molar-refractivity contribution is 5.72. The number of hydrogen-bond acceptors (Lipinski definition) is 3. The maximum atomic E-state index is 12.2. The fourth-order valence-electron chi connectivity index (χ4n) is 1.59. The van der Waals surface area contributed by atoms with E-state index in [1.165, 1.54) is 29.5 Å². The third-order valence-corrected chi connectivity index (χ3v) is 2.48. The molecule has 0 bridgehead atoms. The first-order chi connectivity index (χ1) is 8.47. The Hall–Kier alpha value is -2.05. The molecule has 0 saturated carbocycles. The number of imidazole rings is 1. The van der Waals surface area contributed by atoms with Gasteiger partial charge in [-0.25, -0.2) is 4.98 Å². The fraction of sp³-hybridized carbons (Fsp3) is 0.273. The van der Waals surface area contributed by atoms with Crippen molar-refractivity contribution in [2.24, 2.45) is 0 Å². The van der Waals surface area contributed by atoms with Gasteiger partial charge in [0, 0.05) is 30.2 Å². The monoisotopic (exact) mass is 256 g/mol. The quantitative estimate of drug-likeness (QED) is 0.917. The van der Waals surface area contributed by atoms with E-state index < -0.39 is 12.6 Å². The van der Waals surface area contributed by atoms with Crippen LogP contribution in [0, 0.1) is 0 Å². The molecule has 4 nitrogen and oxygen atoms in total. The minimum absolute atomic E-state index is 0.187. The second-order valence-corrected chi connectivity index (χ2v) is 3.80. The Labute approximate surface area is 101 Å². The van der Waals surface area contributed by atoms with Crippen LogP contribution >= 0.6 is 0 Å². The van der Waals surface area contributed by atoms with Gasteiger partial charge in [0.1, 0.15) is 0 Å². The molecule has 2 aromatic rings. The number of alkyl halides is 3. The van der Waals surface area contributed by atoms with Gasteiger partial charge in [-0.05, 0) is 6.07 Å². The van der Waals surface area contributed by atoms with Crippen LogP contribution in [-0.2, 0) is 6.54 Å². The topological polar surface area (TPSA) is 56.7 Å². The molecule has 18 heavy (non-hydrogen) atoms. The predicted molar refractivity (Wildman–Crippen MR) is 60.5 cm³/mol. The first-order valence-electron chi connectivity index (χ1n) is 5.24. The molecular weight excluding hydrogens is 245 g/mol. The number of hydrogen-bond donors (Lipinski definition) is 1.